The summed E-state index contributed by atoms with van der Waals surface area (Å²) in [5.41, 5.74) is 1.13. The molecule has 0 fully saturated rings. The summed E-state index contributed by atoms with van der Waals surface area (Å²) in [5.74, 6) is -0.253. The molecule has 0 aromatic heterocycles. The lowest BCUT2D eigenvalue weighted by Gasteiger charge is -2.30. The minimum Gasteiger partial charge on any atom is -0.351 e. The van der Waals surface area contributed by atoms with E-state index in [0.717, 1.165) is 12.1 Å². The first-order valence-corrected chi connectivity index (χ1v) is 10.6. The number of aryl methyl sites for hydroxylation is 1. The number of benzene rings is 1. The van der Waals surface area contributed by atoms with Gasteiger partial charge in [-0.05, 0) is 66.2 Å². The Kier molecular flexibility index (Phi) is 8.24. The van der Waals surface area contributed by atoms with Crippen LogP contribution in [-0.2, 0) is 10.0 Å². The fourth-order valence-electron chi connectivity index (χ4n) is 2.90. The van der Waals surface area contributed by atoms with E-state index in [0.29, 0.717) is 24.2 Å². The number of amides is 1. The first-order chi connectivity index (χ1) is 12.0. The second kappa shape index (κ2) is 9.48. The number of hydrogen-bond acceptors (Lipinski definition) is 4. The Balaban J connectivity index is 2.88. The molecule has 0 spiro atoms. The summed E-state index contributed by atoms with van der Waals surface area (Å²) in [4.78, 5) is 14.9. The van der Waals surface area contributed by atoms with Crippen molar-refractivity contribution in [3.8, 4) is 0 Å². The Morgan fingerprint density at radius 1 is 1.08 bits per heavy atom. The SMILES string of the molecule is Cc1ccc(S(=O)(=O)NC(C)C)cc1C(=O)NCCN(C(C)C)C(C)C. The van der Waals surface area contributed by atoms with E-state index in [4.69, 9.17) is 0 Å². The lowest BCUT2D eigenvalue weighted by atomic mass is 10.1. The third-order valence-electron chi connectivity index (χ3n) is 4.14. The van der Waals surface area contributed by atoms with Gasteiger partial charge >= 0.3 is 0 Å². The number of rotatable bonds is 9. The number of carbonyl (C=O) groups is 1. The van der Waals surface area contributed by atoms with Crippen molar-refractivity contribution in [2.24, 2.45) is 0 Å². The normalized spacial score (nSPS) is 12.4. The van der Waals surface area contributed by atoms with E-state index in [-0.39, 0.29) is 16.8 Å². The van der Waals surface area contributed by atoms with Gasteiger partial charge in [-0.1, -0.05) is 6.07 Å². The first-order valence-electron chi connectivity index (χ1n) is 9.12. The fraction of sp³-hybridized carbons (Fsp3) is 0.632. The van der Waals surface area contributed by atoms with Crippen LogP contribution in [0.3, 0.4) is 0 Å². The molecule has 0 saturated carbocycles. The van der Waals surface area contributed by atoms with Crippen molar-refractivity contribution in [2.75, 3.05) is 13.1 Å². The molecule has 148 valence electrons. The highest BCUT2D eigenvalue weighted by molar-refractivity contribution is 7.89. The molecule has 0 atom stereocenters. The van der Waals surface area contributed by atoms with Crippen molar-refractivity contribution in [3.63, 3.8) is 0 Å². The molecular formula is C19H33N3O3S. The van der Waals surface area contributed by atoms with Crippen molar-refractivity contribution in [3.05, 3.63) is 29.3 Å². The maximum Gasteiger partial charge on any atom is 0.251 e. The van der Waals surface area contributed by atoms with Gasteiger partial charge < -0.3 is 5.32 Å². The van der Waals surface area contributed by atoms with Crippen LogP contribution < -0.4 is 10.0 Å². The van der Waals surface area contributed by atoms with Crippen molar-refractivity contribution in [2.45, 2.75) is 71.5 Å². The van der Waals surface area contributed by atoms with Crippen LogP contribution in [0.2, 0.25) is 0 Å². The number of carbonyl (C=O) groups excluding carboxylic acids is 1. The van der Waals surface area contributed by atoms with Gasteiger partial charge in [-0.2, -0.15) is 0 Å². The van der Waals surface area contributed by atoms with Gasteiger partial charge in [0.15, 0.2) is 0 Å². The summed E-state index contributed by atoms with van der Waals surface area (Å²) in [6.45, 7) is 15.1. The lowest BCUT2D eigenvalue weighted by Crippen LogP contribution is -2.42. The van der Waals surface area contributed by atoms with Crippen LogP contribution in [0.4, 0.5) is 0 Å². The molecule has 26 heavy (non-hydrogen) atoms. The van der Waals surface area contributed by atoms with Crippen LogP contribution in [0.25, 0.3) is 0 Å². The number of nitrogens with zero attached hydrogens (tertiary/aromatic N) is 1. The van der Waals surface area contributed by atoms with Crippen molar-refractivity contribution in [1.82, 2.24) is 14.9 Å². The molecule has 7 heteroatoms. The molecule has 0 bridgehead atoms. The van der Waals surface area contributed by atoms with Gasteiger partial charge in [-0.25, -0.2) is 13.1 Å². The molecule has 0 aliphatic carbocycles. The van der Waals surface area contributed by atoms with Crippen LogP contribution in [-0.4, -0.2) is 50.4 Å². The molecule has 1 aromatic carbocycles. The van der Waals surface area contributed by atoms with Crippen LogP contribution in [0.5, 0.6) is 0 Å². The highest BCUT2D eigenvalue weighted by Crippen LogP contribution is 2.16. The number of nitrogens with one attached hydrogen (secondary N) is 2. The average molecular weight is 384 g/mol. The van der Waals surface area contributed by atoms with Gasteiger partial charge in [-0.3, -0.25) is 9.69 Å². The van der Waals surface area contributed by atoms with Gasteiger partial charge in [0.2, 0.25) is 10.0 Å². The van der Waals surface area contributed by atoms with E-state index in [9.17, 15) is 13.2 Å². The molecule has 1 rings (SSSR count). The summed E-state index contributed by atoms with van der Waals surface area (Å²) >= 11 is 0. The van der Waals surface area contributed by atoms with Crippen molar-refractivity contribution in [1.29, 1.82) is 0 Å². The zero-order chi connectivity index (χ0) is 20.1. The average Bonchev–Trinajstić information content (AvgIpc) is 2.49. The third-order valence-corrected chi connectivity index (χ3v) is 5.79. The molecule has 0 radical (unpaired) electrons. The molecule has 6 nitrogen and oxygen atoms in total. The van der Waals surface area contributed by atoms with E-state index < -0.39 is 10.0 Å². The predicted octanol–water partition coefficient (Wildman–Crippen LogP) is 2.53. The quantitative estimate of drug-likeness (QED) is 0.687. The summed E-state index contributed by atoms with van der Waals surface area (Å²) < 4.78 is 27.2. The van der Waals surface area contributed by atoms with Crippen molar-refractivity contribution < 1.29 is 13.2 Å². The summed E-state index contributed by atoms with van der Waals surface area (Å²) in [6, 6.07) is 5.21. The molecule has 0 aliphatic heterocycles. The number of hydrogen-bond donors (Lipinski definition) is 2. The van der Waals surface area contributed by atoms with Crippen LogP contribution in [0.15, 0.2) is 23.1 Å². The Hall–Kier alpha value is -1.44. The standard InChI is InChI=1S/C19H33N3O3S/c1-13(2)21-26(24,25)17-9-8-16(7)18(12-17)19(23)20-10-11-22(14(3)4)15(5)6/h8-9,12-15,21H,10-11H2,1-7H3,(H,20,23). The van der Waals surface area contributed by atoms with E-state index in [1.165, 1.54) is 12.1 Å². The van der Waals surface area contributed by atoms with E-state index >= 15 is 0 Å². The maximum atomic E-state index is 12.5. The van der Waals surface area contributed by atoms with Gasteiger partial charge in [0, 0.05) is 36.8 Å². The second-order valence-corrected chi connectivity index (χ2v) is 9.15. The van der Waals surface area contributed by atoms with Gasteiger partial charge in [-0.15, -0.1) is 0 Å². The highest BCUT2D eigenvalue weighted by Gasteiger charge is 2.19. The van der Waals surface area contributed by atoms with Gasteiger partial charge in [0.05, 0.1) is 4.90 Å². The minimum atomic E-state index is -3.63. The highest BCUT2D eigenvalue weighted by atomic mass is 32.2. The van der Waals surface area contributed by atoms with Crippen molar-refractivity contribution >= 4 is 15.9 Å². The van der Waals surface area contributed by atoms with Gasteiger partial charge in [0.1, 0.15) is 0 Å². The summed E-state index contributed by atoms with van der Waals surface area (Å²) in [6.07, 6.45) is 0. The van der Waals surface area contributed by atoms with Crippen LogP contribution in [0, 0.1) is 6.92 Å². The Bertz CT molecular complexity index is 705. The minimum absolute atomic E-state index is 0.105. The zero-order valence-electron chi connectivity index (χ0n) is 17.0. The van der Waals surface area contributed by atoms with E-state index in [1.54, 1.807) is 26.8 Å². The maximum absolute atomic E-state index is 12.5. The number of sulfonamides is 1. The summed E-state index contributed by atoms with van der Waals surface area (Å²) in [5, 5.41) is 2.90. The smallest absolute Gasteiger partial charge is 0.251 e. The summed E-state index contributed by atoms with van der Waals surface area (Å²) in [7, 11) is -3.63. The Morgan fingerprint density at radius 3 is 2.15 bits per heavy atom. The molecule has 1 aromatic rings. The third kappa shape index (κ3) is 6.37. The monoisotopic (exact) mass is 383 g/mol. The molecule has 0 saturated heterocycles. The second-order valence-electron chi connectivity index (χ2n) is 7.43. The predicted molar refractivity (Wildman–Crippen MR) is 106 cm³/mol. The molecular weight excluding hydrogens is 350 g/mol. The Morgan fingerprint density at radius 2 is 1.65 bits per heavy atom. The van der Waals surface area contributed by atoms with E-state index in [1.807, 2.05) is 0 Å². The zero-order valence-corrected chi connectivity index (χ0v) is 17.8. The molecule has 1 amide bonds. The van der Waals surface area contributed by atoms with Gasteiger partial charge in [0.25, 0.3) is 5.91 Å². The lowest BCUT2D eigenvalue weighted by molar-refractivity contribution is 0.0938. The molecule has 0 unspecified atom stereocenters. The van der Waals surface area contributed by atoms with E-state index in [2.05, 4.69) is 42.6 Å². The largest absolute Gasteiger partial charge is 0.351 e. The fourth-order valence-corrected chi connectivity index (χ4v) is 4.17. The molecule has 0 heterocycles. The van der Waals surface area contributed by atoms with Crippen LogP contribution in [0.1, 0.15) is 57.5 Å². The topological polar surface area (TPSA) is 78.5 Å². The molecule has 2 N–H and O–H groups in total. The molecule has 0 aliphatic rings. The first kappa shape index (κ1) is 22.6. The van der Waals surface area contributed by atoms with Crippen LogP contribution >= 0.6 is 0 Å². The Labute approximate surface area is 158 Å².